The Hall–Kier alpha value is -2.36. The van der Waals surface area contributed by atoms with Crippen LogP contribution >= 0.6 is 23.2 Å². The summed E-state index contributed by atoms with van der Waals surface area (Å²) in [6, 6.07) is 13.2. The van der Waals surface area contributed by atoms with Gasteiger partial charge >= 0.3 is 0 Å². The molecule has 2 atom stereocenters. The molecule has 1 N–H and O–H groups in total. The summed E-state index contributed by atoms with van der Waals surface area (Å²) >= 11 is 12.5. The SMILES string of the molecule is COCC(C)NCc1ccccc1N1CCN(C(=O)[C@@H](Cc2ccc(Cl)cc2Cl)N(C)C(=O)CN(C)C)CC1. The summed E-state index contributed by atoms with van der Waals surface area (Å²) in [5.41, 5.74) is 3.17. The van der Waals surface area contributed by atoms with Crippen LogP contribution in [0.4, 0.5) is 5.69 Å². The maximum absolute atomic E-state index is 13.9. The molecule has 39 heavy (non-hydrogen) atoms. The molecule has 3 rings (SSSR count). The van der Waals surface area contributed by atoms with E-state index in [-0.39, 0.29) is 24.4 Å². The topological polar surface area (TPSA) is 68.4 Å². The van der Waals surface area contributed by atoms with Crippen molar-refractivity contribution in [1.29, 1.82) is 0 Å². The van der Waals surface area contributed by atoms with Crippen molar-refractivity contribution >= 4 is 40.7 Å². The molecule has 1 heterocycles. The lowest BCUT2D eigenvalue weighted by Crippen LogP contribution is -2.56. The summed E-state index contributed by atoms with van der Waals surface area (Å²) in [7, 11) is 7.08. The third-order valence-corrected chi connectivity index (χ3v) is 7.59. The molecule has 2 aromatic carbocycles. The van der Waals surface area contributed by atoms with Gasteiger partial charge in [-0.05, 0) is 50.3 Å². The summed E-state index contributed by atoms with van der Waals surface area (Å²) in [6.07, 6.45) is 0.318. The largest absolute Gasteiger partial charge is 0.383 e. The normalized spacial score (nSPS) is 15.4. The van der Waals surface area contributed by atoms with Crippen molar-refractivity contribution in [2.45, 2.75) is 32.0 Å². The molecule has 1 fully saturated rings. The van der Waals surface area contributed by atoms with E-state index < -0.39 is 6.04 Å². The van der Waals surface area contributed by atoms with Crippen LogP contribution in [0, 0.1) is 0 Å². The predicted octanol–water partition coefficient (Wildman–Crippen LogP) is 3.40. The molecule has 10 heteroatoms. The number of benzene rings is 2. The minimum Gasteiger partial charge on any atom is -0.383 e. The second-order valence-electron chi connectivity index (χ2n) is 10.4. The van der Waals surface area contributed by atoms with Crippen LogP contribution in [-0.4, -0.2) is 106 Å². The first kappa shape index (κ1) is 31.2. The maximum Gasteiger partial charge on any atom is 0.245 e. The van der Waals surface area contributed by atoms with Gasteiger partial charge in [0.1, 0.15) is 6.04 Å². The number of halogens is 2. The first-order chi connectivity index (χ1) is 18.6. The number of carbonyl (C=O) groups is 2. The Bertz CT molecular complexity index is 1110. The molecule has 1 aliphatic rings. The van der Waals surface area contributed by atoms with Gasteiger partial charge in [-0.3, -0.25) is 9.59 Å². The summed E-state index contributed by atoms with van der Waals surface area (Å²) in [5.74, 6) is -0.190. The van der Waals surface area contributed by atoms with E-state index in [1.54, 1.807) is 36.1 Å². The second-order valence-corrected chi connectivity index (χ2v) is 11.2. The molecule has 2 amide bonds. The van der Waals surface area contributed by atoms with E-state index in [1.807, 2.05) is 37.2 Å². The Morgan fingerprint density at radius 1 is 1.03 bits per heavy atom. The van der Waals surface area contributed by atoms with Gasteiger partial charge in [-0.2, -0.15) is 0 Å². The highest BCUT2D eigenvalue weighted by molar-refractivity contribution is 6.35. The summed E-state index contributed by atoms with van der Waals surface area (Å²) in [6.45, 7) is 6.27. The maximum atomic E-state index is 13.9. The van der Waals surface area contributed by atoms with E-state index in [0.29, 0.717) is 49.3 Å². The van der Waals surface area contributed by atoms with E-state index >= 15 is 0 Å². The smallest absolute Gasteiger partial charge is 0.245 e. The second kappa shape index (κ2) is 14.9. The molecule has 2 aromatic rings. The lowest BCUT2D eigenvalue weighted by molar-refractivity contribution is -0.145. The third kappa shape index (κ3) is 8.82. The average Bonchev–Trinajstić information content (AvgIpc) is 2.91. The number of likely N-dealkylation sites (N-methyl/N-ethyl adjacent to an activating group) is 2. The molecule has 0 aliphatic carbocycles. The summed E-state index contributed by atoms with van der Waals surface area (Å²) < 4.78 is 5.24. The van der Waals surface area contributed by atoms with E-state index in [0.717, 1.165) is 12.1 Å². The molecule has 1 aliphatic heterocycles. The van der Waals surface area contributed by atoms with Gasteiger partial charge in [0.2, 0.25) is 11.8 Å². The first-order valence-electron chi connectivity index (χ1n) is 13.3. The van der Waals surface area contributed by atoms with Crippen LogP contribution in [0.5, 0.6) is 0 Å². The van der Waals surface area contributed by atoms with Crippen molar-refractivity contribution < 1.29 is 14.3 Å². The Kier molecular flexibility index (Phi) is 11.9. The van der Waals surface area contributed by atoms with Crippen molar-refractivity contribution in [3.8, 4) is 0 Å². The minimum absolute atomic E-state index is 0.0707. The van der Waals surface area contributed by atoms with Gasteiger partial charge in [-0.1, -0.05) is 47.5 Å². The molecule has 0 spiro atoms. The highest BCUT2D eigenvalue weighted by atomic mass is 35.5. The number of anilines is 1. The number of methoxy groups -OCH3 is 1. The van der Waals surface area contributed by atoms with Gasteiger partial charge in [0.15, 0.2) is 0 Å². The fourth-order valence-electron chi connectivity index (χ4n) is 4.78. The summed E-state index contributed by atoms with van der Waals surface area (Å²) in [4.78, 5) is 34.4. The first-order valence-corrected chi connectivity index (χ1v) is 14.0. The number of nitrogens with one attached hydrogen (secondary N) is 1. The number of carbonyl (C=O) groups excluding carboxylic acids is 2. The number of para-hydroxylation sites is 1. The van der Waals surface area contributed by atoms with Crippen LogP contribution in [0.2, 0.25) is 10.0 Å². The van der Waals surface area contributed by atoms with Crippen molar-refractivity contribution in [1.82, 2.24) is 20.0 Å². The highest BCUT2D eigenvalue weighted by Crippen LogP contribution is 2.25. The number of hydrogen-bond acceptors (Lipinski definition) is 6. The minimum atomic E-state index is -0.665. The zero-order chi connectivity index (χ0) is 28.5. The standard InChI is InChI=1S/C29H41Cl2N5O3/c1-21(20-39-5)32-18-23-8-6-7-9-26(23)35-12-14-36(15-13-35)29(38)27(34(4)28(37)19-33(2)3)16-22-10-11-24(30)17-25(22)31/h6-11,17,21,27,32H,12-16,18-20H2,1-5H3/t21?,27-/m1/s1. The van der Waals surface area contributed by atoms with E-state index in [9.17, 15) is 9.59 Å². The molecule has 1 unspecified atom stereocenters. The molecule has 1 saturated heterocycles. The molecule has 0 bridgehead atoms. The van der Waals surface area contributed by atoms with Gasteiger partial charge in [0.05, 0.1) is 13.2 Å². The number of piperazine rings is 1. The van der Waals surface area contributed by atoms with Crippen molar-refractivity contribution in [2.24, 2.45) is 0 Å². The molecule has 0 aromatic heterocycles. The van der Waals surface area contributed by atoms with Crippen LogP contribution in [0.15, 0.2) is 42.5 Å². The molecule has 0 saturated carbocycles. The monoisotopic (exact) mass is 577 g/mol. The number of amides is 2. The van der Waals surface area contributed by atoms with Crippen LogP contribution in [0.1, 0.15) is 18.1 Å². The lowest BCUT2D eigenvalue weighted by atomic mass is 10.0. The van der Waals surface area contributed by atoms with Crippen LogP contribution in [0.3, 0.4) is 0 Å². The van der Waals surface area contributed by atoms with Gasteiger partial charge in [-0.25, -0.2) is 0 Å². The van der Waals surface area contributed by atoms with Crippen molar-refractivity contribution in [2.75, 3.05) is 72.5 Å². The lowest BCUT2D eigenvalue weighted by Gasteiger charge is -2.40. The predicted molar refractivity (Wildman–Crippen MR) is 159 cm³/mol. The quantitative estimate of drug-likeness (QED) is 0.417. The van der Waals surface area contributed by atoms with E-state index in [2.05, 4.69) is 29.3 Å². The fraction of sp³-hybridized carbons (Fsp3) is 0.517. The zero-order valence-electron chi connectivity index (χ0n) is 23.6. The Balaban J connectivity index is 1.72. The van der Waals surface area contributed by atoms with Gasteiger partial charge < -0.3 is 29.7 Å². The highest BCUT2D eigenvalue weighted by Gasteiger charge is 2.33. The molecular formula is C29H41Cl2N5O3. The van der Waals surface area contributed by atoms with Crippen LogP contribution in [0.25, 0.3) is 0 Å². The fourth-order valence-corrected chi connectivity index (χ4v) is 5.27. The number of ether oxygens (including phenoxy) is 1. The number of nitrogens with zero attached hydrogens (tertiary/aromatic N) is 4. The Morgan fingerprint density at radius 2 is 1.72 bits per heavy atom. The van der Waals surface area contributed by atoms with Gasteiger partial charge in [0, 0.05) is 75.1 Å². The van der Waals surface area contributed by atoms with Gasteiger partial charge in [0.25, 0.3) is 0 Å². The van der Waals surface area contributed by atoms with Gasteiger partial charge in [-0.15, -0.1) is 0 Å². The van der Waals surface area contributed by atoms with Crippen molar-refractivity contribution in [3.63, 3.8) is 0 Å². The number of hydrogen-bond donors (Lipinski definition) is 1. The van der Waals surface area contributed by atoms with Crippen LogP contribution in [-0.2, 0) is 27.3 Å². The molecule has 0 radical (unpaired) electrons. The molecule has 214 valence electrons. The molecule has 8 nitrogen and oxygen atoms in total. The number of rotatable bonds is 12. The zero-order valence-corrected chi connectivity index (χ0v) is 25.1. The van der Waals surface area contributed by atoms with E-state index in [1.165, 1.54) is 11.3 Å². The Morgan fingerprint density at radius 3 is 2.36 bits per heavy atom. The average molecular weight is 579 g/mol. The van der Waals surface area contributed by atoms with Crippen molar-refractivity contribution in [3.05, 3.63) is 63.6 Å². The third-order valence-electron chi connectivity index (χ3n) is 7.01. The van der Waals surface area contributed by atoms with Crippen LogP contribution < -0.4 is 10.2 Å². The summed E-state index contributed by atoms with van der Waals surface area (Å²) in [5, 5.41) is 4.53. The van der Waals surface area contributed by atoms with E-state index in [4.69, 9.17) is 27.9 Å². The molecular weight excluding hydrogens is 537 g/mol. The Labute approximate surface area is 242 Å².